The van der Waals surface area contributed by atoms with Crippen LogP contribution in [0.4, 0.5) is 0 Å². The Bertz CT molecular complexity index is 269. The van der Waals surface area contributed by atoms with Crippen LogP contribution in [0, 0.1) is 0 Å². The summed E-state index contributed by atoms with van der Waals surface area (Å²) >= 11 is 1.26. The van der Waals surface area contributed by atoms with E-state index in [0.717, 1.165) is 0 Å². The van der Waals surface area contributed by atoms with Gasteiger partial charge in [-0.05, 0) is 24.3 Å². The van der Waals surface area contributed by atoms with Crippen LogP contribution in [0.2, 0.25) is 0 Å². The molecule has 0 bridgehead atoms. The van der Waals surface area contributed by atoms with E-state index >= 15 is 0 Å². The van der Waals surface area contributed by atoms with Crippen LogP contribution in [0.5, 0.6) is 0 Å². The molecule has 1 heteroatoms. The van der Waals surface area contributed by atoms with Gasteiger partial charge in [0.05, 0.1) is 0 Å². The fraction of sp³-hybridized carbons (Fsp3) is 0.750. The first-order valence-electron chi connectivity index (χ1n) is 7.41. The average Bonchev–Trinajstić information content (AvgIpc) is 2.85. The Balaban J connectivity index is 1.75. The zero-order valence-corrected chi connectivity index (χ0v) is 12.3. The molecule has 0 aromatic heterocycles. The summed E-state index contributed by atoms with van der Waals surface area (Å²) in [5, 5.41) is 5.55. The smallest absolute Gasteiger partial charge is 0.000655 e. The highest BCUT2D eigenvalue weighted by Crippen LogP contribution is 2.15. The van der Waals surface area contributed by atoms with Gasteiger partial charge in [0, 0.05) is 5.57 Å². The lowest BCUT2D eigenvalue weighted by Gasteiger charge is -2.02. The van der Waals surface area contributed by atoms with Crippen molar-refractivity contribution in [2.45, 2.75) is 77.6 Å². The van der Waals surface area contributed by atoms with Crippen LogP contribution in [0.25, 0.3) is 0 Å². The SMILES string of the molecule is CCCCCCCCCCCCC1=C=[SH]C=C1. The van der Waals surface area contributed by atoms with Gasteiger partial charge in [-0.3, -0.25) is 0 Å². The molecule has 0 aliphatic carbocycles. The van der Waals surface area contributed by atoms with Crippen molar-refractivity contribution in [2.24, 2.45) is 0 Å². The minimum absolute atomic E-state index is 1.25. The van der Waals surface area contributed by atoms with Gasteiger partial charge in [-0.2, -0.15) is 0 Å². The van der Waals surface area contributed by atoms with Crippen LogP contribution in [-0.4, -0.2) is 5.02 Å². The zero-order valence-electron chi connectivity index (χ0n) is 11.4. The van der Waals surface area contributed by atoms with Gasteiger partial charge in [0.25, 0.3) is 0 Å². The van der Waals surface area contributed by atoms with Crippen LogP contribution in [0.15, 0.2) is 17.1 Å². The number of thiol groups is 1. The van der Waals surface area contributed by atoms with Crippen molar-refractivity contribution < 1.29 is 0 Å². The molecule has 0 aromatic rings. The van der Waals surface area contributed by atoms with Crippen molar-refractivity contribution in [3.63, 3.8) is 0 Å². The van der Waals surface area contributed by atoms with Crippen molar-refractivity contribution in [3.05, 3.63) is 17.1 Å². The molecule has 1 rings (SSSR count). The van der Waals surface area contributed by atoms with E-state index in [-0.39, 0.29) is 0 Å². The van der Waals surface area contributed by atoms with Crippen molar-refractivity contribution in [1.29, 1.82) is 0 Å². The predicted octanol–water partition coefficient (Wildman–Crippen LogP) is 5.62. The lowest BCUT2D eigenvalue weighted by molar-refractivity contribution is 0.557. The molecule has 98 valence electrons. The maximum Gasteiger partial charge on any atom is 0.000655 e. The van der Waals surface area contributed by atoms with Gasteiger partial charge in [0.2, 0.25) is 0 Å². The second kappa shape index (κ2) is 10.9. The molecule has 0 saturated carbocycles. The van der Waals surface area contributed by atoms with E-state index in [1.54, 1.807) is 0 Å². The summed E-state index contributed by atoms with van der Waals surface area (Å²) < 4.78 is 0. The first-order chi connectivity index (χ1) is 8.43. The minimum Gasteiger partial charge on any atom is -0.133 e. The van der Waals surface area contributed by atoms with Crippen molar-refractivity contribution in [3.8, 4) is 0 Å². The molecule has 0 unspecified atom stereocenters. The topological polar surface area (TPSA) is 0 Å². The van der Waals surface area contributed by atoms with Crippen LogP contribution in [0.3, 0.4) is 0 Å². The lowest BCUT2D eigenvalue weighted by atomic mass is 10.0. The van der Waals surface area contributed by atoms with E-state index in [2.05, 4.69) is 23.4 Å². The fourth-order valence-corrected chi connectivity index (χ4v) is 2.91. The molecule has 1 aliphatic rings. The summed E-state index contributed by atoms with van der Waals surface area (Å²) in [6, 6.07) is 0. The summed E-state index contributed by atoms with van der Waals surface area (Å²) in [7, 11) is 0. The van der Waals surface area contributed by atoms with Gasteiger partial charge in [0.1, 0.15) is 0 Å². The van der Waals surface area contributed by atoms with Gasteiger partial charge < -0.3 is 0 Å². The molecule has 0 atom stereocenters. The van der Waals surface area contributed by atoms with E-state index in [9.17, 15) is 0 Å². The number of hydrogen-bond acceptors (Lipinski definition) is 0. The van der Waals surface area contributed by atoms with Gasteiger partial charge in [-0.1, -0.05) is 69.7 Å². The maximum absolute atomic E-state index is 3.37. The average molecular weight is 252 g/mol. The predicted molar refractivity (Wildman–Crippen MR) is 83.1 cm³/mol. The molecule has 0 amide bonds. The third-order valence-corrected chi connectivity index (χ3v) is 4.07. The first-order valence-corrected chi connectivity index (χ1v) is 8.38. The molecule has 0 saturated heterocycles. The molecular formula is C16H28S. The summed E-state index contributed by atoms with van der Waals surface area (Å²) in [6.07, 6.45) is 17.7. The van der Waals surface area contributed by atoms with Gasteiger partial charge in [0.15, 0.2) is 0 Å². The molecule has 0 aromatic carbocycles. The molecular weight excluding hydrogens is 224 g/mol. The Kier molecular flexibility index (Phi) is 9.46. The molecule has 1 aliphatic heterocycles. The van der Waals surface area contributed by atoms with Crippen LogP contribution in [-0.2, 0) is 0 Å². The Morgan fingerprint density at radius 3 is 2.00 bits per heavy atom. The van der Waals surface area contributed by atoms with Crippen LogP contribution >= 0.6 is 11.4 Å². The Labute approximate surface area is 111 Å². The molecule has 1 heterocycles. The maximum atomic E-state index is 3.37. The van der Waals surface area contributed by atoms with E-state index in [1.165, 1.54) is 87.6 Å². The second-order valence-electron chi connectivity index (χ2n) is 5.01. The number of allylic oxidation sites excluding steroid dienone is 2. The Hall–Kier alpha value is -0.260. The summed E-state index contributed by atoms with van der Waals surface area (Å²) in [5.41, 5.74) is 1.44. The standard InChI is InChI=1S/C16H28S/c1-2-3-4-5-6-7-8-9-10-11-12-16-13-14-17-15-16/h13-14,17H,2-12H2,1H3. The Morgan fingerprint density at radius 1 is 0.882 bits per heavy atom. The summed E-state index contributed by atoms with van der Waals surface area (Å²) in [4.78, 5) is 0. The molecule has 17 heavy (non-hydrogen) atoms. The molecule has 0 spiro atoms. The third kappa shape index (κ3) is 8.46. The van der Waals surface area contributed by atoms with Crippen LogP contribution < -0.4 is 0 Å². The largest absolute Gasteiger partial charge is 0.133 e. The molecule has 0 nitrogen and oxygen atoms in total. The van der Waals surface area contributed by atoms with E-state index in [4.69, 9.17) is 0 Å². The molecule has 0 fully saturated rings. The lowest BCUT2D eigenvalue weighted by Crippen LogP contribution is -1.83. The summed E-state index contributed by atoms with van der Waals surface area (Å²) in [5.74, 6) is 0. The summed E-state index contributed by atoms with van der Waals surface area (Å²) in [6.45, 7) is 2.28. The van der Waals surface area contributed by atoms with Crippen molar-refractivity contribution in [1.82, 2.24) is 0 Å². The molecule has 0 N–H and O–H groups in total. The fourth-order valence-electron chi connectivity index (χ4n) is 2.23. The highest BCUT2D eigenvalue weighted by Gasteiger charge is 1.96. The minimum atomic E-state index is 1.25. The first kappa shape index (κ1) is 14.8. The normalized spacial score (nSPS) is 13.8. The van der Waals surface area contributed by atoms with Crippen molar-refractivity contribution in [2.75, 3.05) is 0 Å². The number of rotatable bonds is 11. The highest BCUT2D eigenvalue weighted by atomic mass is 32.1. The Morgan fingerprint density at radius 2 is 1.47 bits per heavy atom. The monoisotopic (exact) mass is 252 g/mol. The number of unbranched alkanes of at least 4 members (excludes halogenated alkanes) is 9. The third-order valence-electron chi connectivity index (χ3n) is 3.36. The van der Waals surface area contributed by atoms with E-state index in [1.807, 2.05) is 0 Å². The van der Waals surface area contributed by atoms with Gasteiger partial charge in [-0.25, -0.2) is 0 Å². The van der Waals surface area contributed by atoms with Gasteiger partial charge >= 0.3 is 0 Å². The highest BCUT2D eigenvalue weighted by molar-refractivity contribution is 8.00. The van der Waals surface area contributed by atoms with Gasteiger partial charge in [-0.15, -0.1) is 11.4 Å². The zero-order chi connectivity index (χ0) is 12.2. The number of hydrogen-bond donors (Lipinski definition) is 1. The van der Waals surface area contributed by atoms with Crippen molar-refractivity contribution >= 4 is 16.4 Å². The second-order valence-corrected chi connectivity index (χ2v) is 5.79. The van der Waals surface area contributed by atoms with E-state index < -0.39 is 0 Å². The van der Waals surface area contributed by atoms with Crippen LogP contribution in [0.1, 0.15) is 77.6 Å². The quantitative estimate of drug-likeness (QED) is 0.275. The molecule has 0 radical (unpaired) electrons. The van der Waals surface area contributed by atoms with E-state index in [0.29, 0.717) is 0 Å².